The van der Waals surface area contributed by atoms with Gasteiger partial charge in [0.15, 0.2) is 0 Å². The SMILES string of the molecule is CCN(C(=O)CC1CCN(C[C@@](C=O)(C(C)C)N2CCN[C@@H](CC(C)C)C2=O)CC1)C(C)C. The minimum absolute atomic E-state index is 0.0280. The summed E-state index contributed by atoms with van der Waals surface area (Å²) in [5.74, 6) is 1.14. The van der Waals surface area contributed by atoms with Crippen molar-refractivity contribution in [3.8, 4) is 0 Å². The second-order valence-electron chi connectivity index (χ2n) is 11.1. The molecule has 0 spiro atoms. The van der Waals surface area contributed by atoms with Gasteiger partial charge in [0.2, 0.25) is 11.8 Å². The fourth-order valence-corrected chi connectivity index (χ4v) is 5.52. The largest absolute Gasteiger partial charge is 0.341 e. The van der Waals surface area contributed by atoms with E-state index in [9.17, 15) is 14.4 Å². The molecule has 0 aromatic rings. The Bertz CT molecular complexity index is 658. The Morgan fingerprint density at radius 2 is 1.79 bits per heavy atom. The average Bonchev–Trinajstić information content (AvgIpc) is 2.74. The van der Waals surface area contributed by atoms with Crippen molar-refractivity contribution in [2.24, 2.45) is 17.8 Å². The van der Waals surface area contributed by atoms with Gasteiger partial charge in [0.05, 0.1) is 6.04 Å². The van der Waals surface area contributed by atoms with Crippen LogP contribution >= 0.6 is 0 Å². The Morgan fingerprint density at radius 1 is 1.15 bits per heavy atom. The van der Waals surface area contributed by atoms with Gasteiger partial charge < -0.3 is 24.8 Å². The lowest BCUT2D eigenvalue weighted by Crippen LogP contribution is -2.69. The van der Waals surface area contributed by atoms with E-state index in [1.54, 1.807) is 0 Å². The lowest BCUT2D eigenvalue weighted by atomic mass is 9.82. The number of nitrogens with zero attached hydrogens (tertiary/aromatic N) is 3. The molecule has 7 heteroatoms. The van der Waals surface area contributed by atoms with Crippen molar-refractivity contribution in [2.75, 3.05) is 39.3 Å². The van der Waals surface area contributed by atoms with Gasteiger partial charge in [0.1, 0.15) is 11.8 Å². The van der Waals surface area contributed by atoms with Crippen LogP contribution in [0.4, 0.5) is 0 Å². The van der Waals surface area contributed by atoms with E-state index < -0.39 is 5.54 Å². The summed E-state index contributed by atoms with van der Waals surface area (Å²) in [7, 11) is 0. The van der Waals surface area contributed by atoms with Crippen molar-refractivity contribution in [1.29, 1.82) is 0 Å². The highest BCUT2D eigenvalue weighted by atomic mass is 16.2. The number of piperidine rings is 1. The summed E-state index contributed by atoms with van der Waals surface area (Å²) in [4.78, 5) is 44.8. The predicted octanol–water partition coefficient (Wildman–Crippen LogP) is 2.79. The molecule has 2 rings (SSSR count). The number of amides is 2. The predicted molar refractivity (Wildman–Crippen MR) is 133 cm³/mol. The van der Waals surface area contributed by atoms with Crippen molar-refractivity contribution in [1.82, 2.24) is 20.0 Å². The van der Waals surface area contributed by atoms with Crippen LogP contribution in [-0.4, -0.2) is 89.7 Å². The number of carbonyl (C=O) groups is 3. The van der Waals surface area contributed by atoms with E-state index in [0.717, 1.165) is 51.7 Å². The van der Waals surface area contributed by atoms with Crippen LogP contribution < -0.4 is 5.32 Å². The first kappa shape index (κ1) is 27.8. The van der Waals surface area contributed by atoms with Crippen molar-refractivity contribution in [3.05, 3.63) is 0 Å². The third kappa shape index (κ3) is 6.78. The number of likely N-dealkylation sites (tertiary alicyclic amines) is 1. The van der Waals surface area contributed by atoms with Crippen LogP contribution in [0.1, 0.15) is 74.1 Å². The van der Waals surface area contributed by atoms with E-state index in [-0.39, 0.29) is 29.8 Å². The zero-order valence-corrected chi connectivity index (χ0v) is 22.1. The van der Waals surface area contributed by atoms with Gasteiger partial charge in [0, 0.05) is 38.6 Å². The second kappa shape index (κ2) is 12.3. The molecule has 0 radical (unpaired) electrons. The third-order valence-corrected chi connectivity index (χ3v) is 7.64. The summed E-state index contributed by atoms with van der Waals surface area (Å²) in [6.45, 7) is 18.9. The monoisotopic (exact) mass is 464 g/mol. The van der Waals surface area contributed by atoms with Gasteiger partial charge in [-0.25, -0.2) is 0 Å². The van der Waals surface area contributed by atoms with Gasteiger partial charge >= 0.3 is 0 Å². The first-order chi connectivity index (χ1) is 15.5. The number of nitrogens with one attached hydrogen (secondary N) is 1. The van der Waals surface area contributed by atoms with Gasteiger partial charge in [0.25, 0.3) is 0 Å². The van der Waals surface area contributed by atoms with Crippen molar-refractivity contribution in [3.63, 3.8) is 0 Å². The van der Waals surface area contributed by atoms with Crippen molar-refractivity contribution < 1.29 is 14.4 Å². The van der Waals surface area contributed by atoms with E-state index in [4.69, 9.17) is 0 Å². The Hall–Kier alpha value is -1.47. The van der Waals surface area contributed by atoms with Crippen LogP contribution in [0.25, 0.3) is 0 Å². The third-order valence-electron chi connectivity index (χ3n) is 7.64. The summed E-state index contributed by atoms with van der Waals surface area (Å²) < 4.78 is 0. The minimum Gasteiger partial charge on any atom is -0.341 e. The van der Waals surface area contributed by atoms with Crippen molar-refractivity contribution >= 4 is 18.1 Å². The molecule has 0 saturated carbocycles. The molecule has 2 atom stereocenters. The number of hydrogen-bond acceptors (Lipinski definition) is 5. The summed E-state index contributed by atoms with van der Waals surface area (Å²) in [6, 6.07) is 0.0222. The fourth-order valence-electron chi connectivity index (χ4n) is 5.52. The highest BCUT2D eigenvalue weighted by Gasteiger charge is 2.47. The maximum atomic E-state index is 13.4. The Kier molecular flexibility index (Phi) is 10.3. The molecule has 2 heterocycles. The van der Waals surface area contributed by atoms with Crippen LogP contribution in [-0.2, 0) is 14.4 Å². The van der Waals surface area contributed by atoms with Gasteiger partial charge in [-0.1, -0.05) is 27.7 Å². The Labute approximate surface area is 201 Å². The topological polar surface area (TPSA) is 73.0 Å². The lowest BCUT2D eigenvalue weighted by molar-refractivity contribution is -0.151. The quantitative estimate of drug-likeness (QED) is 0.476. The molecular formula is C26H48N4O3. The molecule has 0 aromatic carbocycles. The van der Waals surface area contributed by atoms with E-state index >= 15 is 0 Å². The fraction of sp³-hybridized carbons (Fsp3) is 0.885. The van der Waals surface area contributed by atoms with Crippen LogP contribution in [0.15, 0.2) is 0 Å². The summed E-state index contributed by atoms with van der Waals surface area (Å²) in [5.41, 5.74) is -0.812. The molecule has 1 N–H and O–H groups in total. The van der Waals surface area contributed by atoms with E-state index in [2.05, 4.69) is 51.8 Å². The molecule has 0 unspecified atom stereocenters. The summed E-state index contributed by atoms with van der Waals surface area (Å²) in [5, 5.41) is 3.36. The maximum absolute atomic E-state index is 13.4. The van der Waals surface area contributed by atoms with Crippen LogP contribution in [0.3, 0.4) is 0 Å². The number of rotatable bonds is 11. The molecule has 2 amide bonds. The first-order valence-corrected chi connectivity index (χ1v) is 13.1. The summed E-state index contributed by atoms with van der Waals surface area (Å²) in [6.07, 6.45) is 4.34. The van der Waals surface area contributed by atoms with E-state index in [0.29, 0.717) is 31.3 Å². The normalized spacial score (nSPS) is 22.8. The van der Waals surface area contributed by atoms with Gasteiger partial charge in [-0.3, -0.25) is 9.59 Å². The molecular weight excluding hydrogens is 416 g/mol. The molecule has 2 aliphatic rings. The van der Waals surface area contributed by atoms with Crippen LogP contribution in [0.5, 0.6) is 0 Å². The molecule has 0 aliphatic carbocycles. The molecule has 2 fully saturated rings. The summed E-state index contributed by atoms with van der Waals surface area (Å²) >= 11 is 0. The zero-order chi connectivity index (χ0) is 24.8. The first-order valence-electron chi connectivity index (χ1n) is 13.1. The number of aldehydes is 1. The molecule has 190 valence electrons. The standard InChI is InChI=1S/C26H48N4O3/c1-8-29(21(6)7)24(32)16-22-9-12-28(13-10-22)17-26(18-31,20(4)5)30-14-11-27-23(25(30)33)15-19(2)3/h18-23,27H,8-17H2,1-7H3/t23-,26+/m0/s1. The minimum atomic E-state index is -0.812. The molecule has 0 bridgehead atoms. The molecule has 7 nitrogen and oxygen atoms in total. The van der Waals surface area contributed by atoms with E-state index in [1.165, 1.54) is 0 Å². The molecule has 33 heavy (non-hydrogen) atoms. The maximum Gasteiger partial charge on any atom is 0.240 e. The van der Waals surface area contributed by atoms with Gasteiger partial charge in [-0.15, -0.1) is 0 Å². The molecule has 2 aliphatic heterocycles. The van der Waals surface area contributed by atoms with Gasteiger partial charge in [-0.05, 0) is 70.9 Å². The zero-order valence-electron chi connectivity index (χ0n) is 22.1. The highest BCUT2D eigenvalue weighted by Crippen LogP contribution is 2.30. The Morgan fingerprint density at radius 3 is 2.27 bits per heavy atom. The second-order valence-corrected chi connectivity index (χ2v) is 11.1. The number of carbonyl (C=O) groups excluding carboxylic acids is 3. The average molecular weight is 465 g/mol. The number of piperazine rings is 1. The van der Waals surface area contributed by atoms with Gasteiger partial charge in [-0.2, -0.15) is 0 Å². The smallest absolute Gasteiger partial charge is 0.240 e. The Balaban J connectivity index is 2.05. The molecule has 0 aromatic heterocycles. The van der Waals surface area contributed by atoms with Crippen molar-refractivity contribution in [2.45, 2.75) is 91.8 Å². The highest BCUT2D eigenvalue weighted by molar-refractivity contribution is 5.87. The van der Waals surface area contributed by atoms with E-state index in [1.807, 2.05) is 16.7 Å². The molecule has 2 saturated heterocycles. The van der Waals surface area contributed by atoms with Crippen LogP contribution in [0, 0.1) is 17.8 Å². The van der Waals surface area contributed by atoms with Crippen LogP contribution in [0.2, 0.25) is 0 Å². The lowest BCUT2D eigenvalue weighted by Gasteiger charge is -2.49. The number of hydrogen-bond donors (Lipinski definition) is 1.